The summed E-state index contributed by atoms with van der Waals surface area (Å²) in [6.07, 6.45) is 2.20. The molecule has 1 amide bonds. The summed E-state index contributed by atoms with van der Waals surface area (Å²) < 4.78 is 13.9. The molecule has 1 heterocycles. The number of hydrogen-bond donors (Lipinski definition) is 2. The fourth-order valence-electron chi connectivity index (χ4n) is 2.90. The van der Waals surface area contributed by atoms with Gasteiger partial charge in [0, 0.05) is 6.04 Å². The smallest absolute Gasteiger partial charge is 0.258 e. The molecule has 8 heteroatoms. The van der Waals surface area contributed by atoms with Gasteiger partial charge in [0.2, 0.25) is 0 Å². The zero-order valence-electron chi connectivity index (χ0n) is 16.1. The summed E-state index contributed by atoms with van der Waals surface area (Å²) in [5.74, 6) is 2.59. The first-order chi connectivity index (χ1) is 14.1. The summed E-state index contributed by atoms with van der Waals surface area (Å²) in [6, 6.07) is 15.4. The topological polar surface area (TPSA) is 81.2 Å². The van der Waals surface area contributed by atoms with Crippen LogP contribution in [0.3, 0.4) is 0 Å². The van der Waals surface area contributed by atoms with E-state index in [0.29, 0.717) is 28.9 Å². The van der Waals surface area contributed by atoms with Gasteiger partial charge in [-0.1, -0.05) is 17.7 Å². The lowest BCUT2D eigenvalue weighted by molar-refractivity contribution is -0.123. The molecule has 0 unspecified atom stereocenters. The molecule has 0 atom stereocenters. The molecule has 0 bridgehead atoms. The van der Waals surface area contributed by atoms with Crippen LogP contribution in [0, 0.1) is 11.7 Å². The molecule has 1 fully saturated rings. The minimum Gasteiger partial charge on any atom is -0.484 e. The predicted molar refractivity (Wildman–Crippen MR) is 111 cm³/mol. The maximum absolute atomic E-state index is 12.1. The third kappa shape index (κ3) is 5.03. The van der Waals surface area contributed by atoms with E-state index in [0.717, 1.165) is 24.4 Å². The number of benzene rings is 2. The van der Waals surface area contributed by atoms with Crippen LogP contribution in [0.15, 0.2) is 48.5 Å². The van der Waals surface area contributed by atoms with Crippen molar-refractivity contribution in [2.24, 2.45) is 0 Å². The highest BCUT2D eigenvalue weighted by Crippen LogP contribution is 2.35. The third-order valence-electron chi connectivity index (χ3n) is 4.58. The fraction of sp³-hybridized carbons (Fsp3) is 0.286. The van der Waals surface area contributed by atoms with E-state index in [4.69, 9.17) is 21.7 Å². The Morgan fingerprint density at radius 1 is 1.14 bits per heavy atom. The zero-order valence-corrected chi connectivity index (χ0v) is 16.9. The number of aromatic nitrogens is 3. The van der Waals surface area contributed by atoms with Gasteiger partial charge in [0.05, 0.1) is 6.54 Å². The quantitative estimate of drug-likeness (QED) is 0.547. The number of aromatic amines is 1. The van der Waals surface area contributed by atoms with Gasteiger partial charge in [-0.05, 0) is 68.4 Å². The van der Waals surface area contributed by atoms with Gasteiger partial charge in [0.25, 0.3) is 5.91 Å². The number of aryl methyl sites for hydroxylation is 1. The highest BCUT2D eigenvalue weighted by Gasteiger charge is 2.27. The van der Waals surface area contributed by atoms with Gasteiger partial charge in [-0.15, -0.1) is 0 Å². The summed E-state index contributed by atoms with van der Waals surface area (Å²) in [4.78, 5) is 12.1. The Labute approximate surface area is 173 Å². The van der Waals surface area contributed by atoms with Gasteiger partial charge in [-0.25, -0.2) is 0 Å². The lowest BCUT2D eigenvalue weighted by atomic mass is 10.2. The van der Waals surface area contributed by atoms with Crippen LogP contribution in [-0.2, 0) is 11.3 Å². The van der Waals surface area contributed by atoms with Crippen LogP contribution in [0.2, 0.25) is 0 Å². The van der Waals surface area contributed by atoms with Crippen molar-refractivity contribution >= 4 is 18.1 Å². The van der Waals surface area contributed by atoms with E-state index in [2.05, 4.69) is 15.5 Å². The minimum absolute atomic E-state index is 0.0766. The Balaban J connectivity index is 1.25. The predicted octanol–water partition coefficient (Wildman–Crippen LogP) is 4.07. The average Bonchev–Trinajstić information content (AvgIpc) is 3.49. The summed E-state index contributed by atoms with van der Waals surface area (Å²) in [5, 5.41) is 9.80. The van der Waals surface area contributed by atoms with Crippen LogP contribution >= 0.6 is 12.2 Å². The second kappa shape index (κ2) is 8.48. The van der Waals surface area contributed by atoms with Crippen LogP contribution in [0.4, 0.5) is 0 Å². The number of nitrogens with zero attached hydrogens (tertiary/aromatic N) is 2. The average molecular weight is 410 g/mol. The van der Waals surface area contributed by atoms with E-state index >= 15 is 0 Å². The standard InChI is InChI=1S/C21H22N4O3S/c1-14-2-6-17(7-3-14)28-18-10-8-16(9-11-18)27-13-20(26)22-12-19-23-24-21(29)25(19)15-4-5-15/h2-3,6-11,15H,4-5,12-13H2,1H3,(H,22,26)(H,24,29). The SMILES string of the molecule is Cc1ccc(Oc2ccc(OCC(=O)NCc3n[nH]c(=S)n3C3CC3)cc2)cc1. The van der Waals surface area contributed by atoms with Gasteiger partial charge in [-0.2, -0.15) is 5.10 Å². The van der Waals surface area contributed by atoms with E-state index in [-0.39, 0.29) is 12.5 Å². The number of nitrogens with one attached hydrogen (secondary N) is 2. The number of H-pyrrole nitrogens is 1. The monoisotopic (exact) mass is 410 g/mol. The molecule has 2 N–H and O–H groups in total. The van der Waals surface area contributed by atoms with E-state index in [1.54, 1.807) is 24.3 Å². The lowest BCUT2D eigenvalue weighted by Crippen LogP contribution is -2.29. The van der Waals surface area contributed by atoms with Crippen molar-refractivity contribution in [1.29, 1.82) is 0 Å². The minimum atomic E-state index is -0.221. The van der Waals surface area contributed by atoms with Gasteiger partial charge in [-0.3, -0.25) is 14.5 Å². The Bertz CT molecular complexity index is 1040. The van der Waals surface area contributed by atoms with Crippen LogP contribution in [0.1, 0.15) is 30.3 Å². The number of ether oxygens (including phenoxy) is 2. The Morgan fingerprint density at radius 2 is 1.76 bits per heavy atom. The molecule has 150 valence electrons. The summed E-state index contributed by atoms with van der Waals surface area (Å²) in [5.41, 5.74) is 1.18. The van der Waals surface area contributed by atoms with Crippen LogP contribution in [-0.4, -0.2) is 27.3 Å². The third-order valence-corrected chi connectivity index (χ3v) is 4.87. The molecule has 2 aromatic carbocycles. The highest BCUT2D eigenvalue weighted by atomic mass is 32.1. The van der Waals surface area contributed by atoms with E-state index < -0.39 is 0 Å². The molecule has 1 aromatic heterocycles. The van der Waals surface area contributed by atoms with Gasteiger partial charge in [0.15, 0.2) is 17.2 Å². The van der Waals surface area contributed by atoms with E-state index in [9.17, 15) is 4.79 Å². The number of carbonyl (C=O) groups is 1. The maximum Gasteiger partial charge on any atom is 0.258 e. The lowest BCUT2D eigenvalue weighted by Gasteiger charge is -2.09. The largest absolute Gasteiger partial charge is 0.484 e. The maximum atomic E-state index is 12.1. The van der Waals surface area contributed by atoms with Crippen LogP contribution in [0.25, 0.3) is 0 Å². The first-order valence-corrected chi connectivity index (χ1v) is 9.89. The Kier molecular flexibility index (Phi) is 5.62. The molecule has 0 spiro atoms. The summed E-state index contributed by atoms with van der Waals surface area (Å²) in [7, 11) is 0. The number of rotatable bonds is 8. The molecule has 3 aromatic rings. The molecular weight excluding hydrogens is 388 g/mol. The first-order valence-electron chi connectivity index (χ1n) is 9.48. The van der Waals surface area contributed by atoms with Gasteiger partial charge >= 0.3 is 0 Å². The van der Waals surface area contributed by atoms with Crippen molar-refractivity contribution < 1.29 is 14.3 Å². The van der Waals surface area contributed by atoms with Crippen LogP contribution < -0.4 is 14.8 Å². The van der Waals surface area contributed by atoms with Crippen molar-refractivity contribution in [2.75, 3.05) is 6.61 Å². The molecule has 7 nitrogen and oxygen atoms in total. The van der Waals surface area contributed by atoms with Crippen molar-refractivity contribution in [3.63, 3.8) is 0 Å². The Hall–Kier alpha value is -3.13. The molecule has 0 saturated heterocycles. The molecule has 0 aliphatic heterocycles. The molecule has 29 heavy (non-hydrogen) atoms. The molecule has 1 aliphatic rings. The Morgan fingerprint density at radius 3 is 2.41 bits per heavy atom. The second-order valence-corrected chi connectivity index (χ2v) is 7.38. The van der Waals surface area contributed by atoms with Crippen molar-refractivity contribution in [3.05, 3.63) is 64.7 Å². The van der Waals surface area contributed by atoms with Crippen molar-refractivity contribution in [2.45, 2.75) is 32.4 Å². The van der Waals surface area contributed by atoms with Gasteiger partial charge in [0.1, 0.15) is 17.2 Å². The van der Waals surface area contributed by atoms with Crippen molar-refractivity contribution in [3.8, 4) is 17.2 Å². The number of amides is 1. The fourth-order valence-corrected chi connectivity index (χ4v) is 3.20. The number of hydrogen-bond acceptors (Lipinski definition) is 5. The molecule has 1 aliphatic carbocycles. The molecule has 1 saturated carbocycles. The molecular formula is C21H22N4O3S. The highest BCUT2D eigenvalue weighted by molar-refractivity contribution is 7.71. The first kappa shape index (κ1) is 19.2. The van der Waals surface area contributed by atoms with Gasteiger partial charge < -0.3 is 14.8 Å². The molecule has 4 rings (SSSR count). The normalized spacial score (nSPS) is 13.1. The summed E-state index contributed by atoms with van der Waals surface area (Å²) in [6.45, 7) is 2.27. The van der Waals surface area contributed by atoms with Crippen molar-refractivity contribution in [1.82, 2.24) is 20.1 Å². The van der Waals surface area contributed by atoms with E-state index in [1.807, 2.05) is 35.8 Å². The second-order valence-electron chi connectivity index (χ2n) is 7.00. The summed E-state index contributed by atoms with van der Waals surface area (Å²) >= 11 is 5.24. The number of carbonyl (C=O) groups excluding carboxylic acids is 1. The van der Waals surface area contributed by atoms with E-state index in [1.165, 1.54) is 5.56 Å². The zero-order chi connectivity index (χ0) is 20.2. The molecule has 0 radical (unpaired) electrons. The van der Waals surface area contributed by atoms with Crippen LogP contribution in [0.5, 0.6) is 17.2 Å².